The summed E-state index contributed by atoms with van der Waals surface area (Å²) in [6, 6.07) is 5.63. The van der Waals surface area contributed by atoms with E-state index in [9.17, 15) is 4.79 Å². The van der Waals surface area contributed by atoms with Crippen LogP contribution in [0.25, 0.3) is 11.7 Å². The number of carbonyl (C=O) groups is 1. The molecule has 140 valence electrons. The summed E-state index contributed by atoms with van der Waals surface area (Å²) in [6.45, 7) is 1.75. The summed E-state index contributed by atoms with van der Waals surface area (Å²) in [5.74, 6) is 0.827. The van der Waals surface area contributed by atoms with Gasteiger partial charge in [0.15, 0.2) is 11.0 Å². The Balaban J connectivity index is 1.58. The zero-order chi connectivity index (χ0) is 18.9. The zero-order valence-corrected chi connectivity index (χ0v) is 15.7. The van der Waals surface area contributed by atoms with E-state index in [1.54, 1.807) is 13.0 Å². The van der Waals surface area contributed by atoms with Crippen molar-refractivity contribution in [2.45, 2.75) is 44.6 Å². The van der Waals surface area contributed by atoms with Gasteiger partial charge in [0.05, 0.1) is 5.69 Å². The van der Waals surface area contributed by atoms with Gasteiger partial charge < -0.3 is 9.84 Å². The fourth-order valence-corrected chi connectivity index (χ4v) is 3.86. The first kappa shape index (κ1) is 17.7. The Morgan fingerprint density at radius 3 is 2.85 bits per heavy atom. The van der Waals surface area contributed by atoms with Crippen molar-refractivity contribution in [3.8, 4) is 0 Å². The summed E-state index contributed by atoms with van der Waals surface area (Å²) in [7, 11) is 0. The highest BCUT2D eigenvalue weighted by molar-refractivity contribution is 6.31. The number of aryl methyl sites for hydroxylation is 1. The third kappa shape index (κ3) is 3.47. The molecule has 0 atom stereocenters. The van der Waals surface area contributed by atoms with Crippen LogP contribution in [0.4, 0.5) is 0 Å². The van der Waals surface area contributed by atoms with Crippen molar-refractivity contribution in [3.63, 3.8) is 0 Å². The number of hydrogen-bond donors (Lipinski definition) is 1. The molecule has 7 nitrogen and oxygen atoms in total. The number of imidazole rings is 1. The molecule has 0 bridgehead atoms. The van der Waals surface area contributed by atoms with E-state index in [0.717, 1.165) is 37.8 Å². The molecule has 27 heavy (non-hydrogen) atoms. The third-order valence-electron chi connectivity index (χ3n) is 4.94. The van der Waals surface area contributed by atoms with Crippen LogP contribution in [0, 0.1) is 6.92 Å². The SMILES string of the molecule is Cc1nc(C2(NC(=O)/C=C/c3c(Cl)nc4ccccn34)CCCCC2)no1. The largest absolute Gasteiger partial charge is 0.340 e. The molecule has 1 N–H and O–H groups in total. The zero-order valence-electron chi connectivity index (χ0n) is 15.0. The van der Waals surface area contributed by atoms with Gasteiger partial charge in [0.1, 0.15) is 11.2 Å². The third-order valence-corrected chi connectivity index (χ3v) is 5.22. The van der Waals surface area contributed by atoms with Crippen LogP contribution in [-0.2, 0) is 10.3 Å². The Labute approximate surface area is 161 Å². The molecule has 0 aromatic carbocycles. The smallest absolute Gasteiger partial charge is 0.244 e. The number of hydrogen-bond acceptors (Lipinski definition) is 5. The Bertz CT molecular complexity index is 1000. The lowest BCUT2D eigenvalue weighted by atomic mass is 9.81. The van der Waals surface area contributed by atoms with Gasteiger partial charge in [-0.1, -0.05) is 42.1 Å². The Kier molecular flexibility index (Phi) is 4.70. The van der Waals surface area contributed by atoms with Crippen LogP contribution in [0.15, 0.2) is 35.0 Å². The molecule has 0 radical (unpaired) electrons. The van der Waals surface area contributed by atoms with Crippen LogP contribution in [-0.4, -0.2) is 25.4 Å². The molecular formula is C19H20ClN5O2. The lowest BCUT2D eigenvalue weighted by molar-refractivity contribution is -0.119. The molecule has 3 heterocycles. The van der Waals surface area contributed by atoms with E-state index in [0.29, 0.717) is 22.6 Å². The fourth-order valence-electron chi connectivity index (χ4n) is 3.62. The number of nitrogens with zero attached hydrogens (tertiary/aromatic N) is 4. The second-order valence-corrected chi connectivity index (χ2v) is 7.18. The van der Waals surface area contributed by atoms with E-state index in [2.05, 4.69) is 20.4 Å². The van der Waals surface area contributed by atoms with Crippen LogP contribution in [0.2, 0.25) is 5.15 Å². The summed E-state index contributed by atoms with van der Waals surface area (Å²) in [4.78, 5) is 21.3. The number of amides is 1. The first-order chi connectivity index (χ1) is 13.1. The number of pyridine rings is 1. The van der Waals surface area contributed by atoms with Crippen molar-refractivity contribution < 1.29 is 9.32 Å². The number of aromatic nitrogens is 4. The molecule has 0 spiro atoms. The highest BCUT2D eigenvalue weighted by atomic mass is 35.5. The van der Waals surface area contributed by atoms with Crippen molar-refractivity contribution in [1.82, 2.24) is 24.8 Å². The molecule has 0 unspecified atom stereocenters. The van der Waals surface area contributed by atoms with Crippen molar-refractivity contribution in [2.24, 2.45) is 0 Å². The Morgan fingerprint density at radius 2 is 2.11 bits per heavy atom. The second-order valence-electron chi connectivity index (χ2n) is 6.82. The standard InChI is InChI=1S/C19H20ClN5O2/c1-13-21-18(24-27-13)19(10-4-2-5-11-19)23-16(26)9-8-14-17(20)22-15-7-3-6-12-25(14)15/h3,6-9,12H,2,4-5,10-11H2,1H3,(H,23,26)/b9-8+. The molecule has 1 aliphatic carbocycles. The highest BCUT2D eigenvalue weighted by Gasteiger charge is 2.39. The van der Waals surface area contributed by atoms with Crippen LogP contribution < -0.4 is 5.32 Å². The molecule has 1 saturated carbocycles. The minimum Gasteiger partial charge on any atom is -0.340 e. The van der Waals surface area contributed by atoms with Crippen molar-refractivity contribution >= 4 is 29.2 Å². The first-order valence-electron chi connectivity index (χ1n) is 9.01. The topological polar surface area (TPSA) is 85.3 Å². The number of halogens is 1. The van der Waals surface area contributed by atoms with Gasteiger partial charge in [-0.2, -0.15) is 4.98 Å². The van der Waals surface area contributed by atoms with E-state index in [4.69, 9.17) is 16.1 Å². The molecule has 1 aliphatic rings. The molecular weight excluding hydrogens is 366 g/mol. The molecule has 1 fully saturated rings. The van der Waals surface area contributed by atoms with Gasteiger partial charge >= 0.3 is 0 Å². The number of rotatable bonds is 4. The summed E-state index contributed by atoms with van der Waals surface area (Å²) >= 11 is 6.22. The monoisotopic (exact) mass is 385 g/mol. The van der Waals surface area contributed by atoms with E-state index in [1.165, 1.54) is 6.08 Å². The van der Waals surface area contributed by atoms with E-state index in [-0.39, 0.29) is 5.91 Å². The van der Waals surface area contributed by atoms with Gasteiger partial charge in [0.2, 0.25) is 11.8 Å². The summed E-state index contributed by atoms with van der Waals surface area (Å²) in [5, 5.41) is 7.53. The molecule has 0 saturated heterocycles. The summed E-state index contributed by atoms with van der Waals surface area (Å²) < 4.78 is 6.99. The van der Waals surface area contributed by atoms with Crippen LogP contribution in [0.5, 0.6) is 0 Å². The maximum Gasteiger partial charge on any atom is 0.244 e. The van der Waals surface area contributed by atoms with Crippen molar-refractivity contribution in [3.05, 3.63) is 53.0 Å². The highest BCUT2D eigenvalue weighted by Crippen LogP contribution is 2.35. The molecule has 3 aromatic rings. The number of carbonyl (C=O) groups excluding carboxylic acids is 1. The van der Waals surface area contributed by atoms with Gasteiger partial charge in [-0.25, -0.2) is 4.98 Å². The van der Waals surface area contributed by atoms with Gasteiger partial charge in [0.25, 0.3) is 0 Å². The lowest BCUT2D eigenvalue weighted by Crippen LogP contribution is -2.47. The van der Waals surface area contributed by atoms with E-state index < -0.39 is 5.54 Å². The van der Waals surface area contributed by atoms with Gasteiger partial charge in [-0.3, -0.25) is 9.20 Å². The normalized spacial score (nSPS) is 16.8. The fraction of sp³-hybridized carbons (Fsp3) is 0.368. The summed E-state index contributed by atoms with van der Waals surface area (Å²) in [6.07, 6.45) is 9.76. The second kappa shape index (κ2) is 7.15. The minimum atomic E-state index is -0.583. The van der Waals surface area contributed by atoms with Gasteiger partial charge in [-0.15, -0.1) is 0 Å². The quantitative estimate of drug-likeness (QED) is 0.692. The van der Waals surface area contributed by atoms with E-state index >= 15 is 0 Å². The van der Waals surface area contributed by atoms with Crippen molar-refractivity contribution in [1.29, 1.82) is 0 Å². The maximum atomic E-state index is 12.7. The average Bonchev–Trinajstić information content (AvgIpc) is 3.24. The molecule has 3 aromatic heterocycles. The predicted molar refractivity (Wildman–Crippen MR) is 101 cm³/mol. The molecule has 1 amide bonds. The minimum absolute atomic E-state index is 0.221. The lowest BCUT2D eigenvalue weighted by Gasteiger charge is -2.34. The van der Waals surface area contributed by atoms with Crippen LogP contribution in [0.1, 0.15) is 49.5 Å². The van der Waals surface area contributed by atoms with Gasteiger partial charge in [0, 0.05) is 19.2 Å². The number of nitrogens with one attached hydrogen (secondary N) is 1. The average molecular weight is 386 g/mol. The maximum absolute atomic E-state index is 12.7. The van der Waals surface area contributed by atoms with E-state index in [1.807, 2.05) is 28.8 Å². The Morgan fingerprint density at radius 1 is 1.30 bits per heavy atom. The summed E-state index contributed by atoms with van der Waals surface area (Å²) in [5.41, 5.74) is 0.810. The molecule has 8 heteroatoms. The van der Waals surface area contributed by atoms with Gasteiger partial charge in [-0.05, 0) is 31.1 Å². The Hall–Kier alpha value is -2.67. The molecule has 4 rings (SSSR count). The first-order valence-corrected chi connectivity index (χ1v) is 9.39. The molecule has 0 aliphatic heterocycles. The van der Waals surface area contributed by atoms with Crippen LogP contribution in [0.3, 0.4) is 0 Å². The predicted octanol–water partition coefficient (Wildman–Crippen LogP) is 3.67. The van der Waals surface area contributed by atoms with Crippen molar-refractivity contribution in [2.75, 3.05) is 0 Å². The van der Waals surface area contributed by atoms with Crippen LogP contribution >= 0.6 is 11.6 Å². The number of fused-ring (bicyclic) bond motifs is 1.